The van der Waals surface area contributed by atoms with Gasteiger partial charge in [0.2, 0.25) is 5.91 Å². The van der Waals surface area contributed by atoms with Crippen LogP contribution in [0.15, 0.2) is 0 Å². The predicted molar refractivity (Wildman–Crippen MR) is 246 cm³/mol. The highest BCUT2D eigenvalue weighted by Gasteiger charge is 2.60. The highest BCUT2D eigenvalue weighted by Crippen LogP contribution is 2.38. The van der Waals surface area contributed by atoms with Crippen molar-refractivity contribution < 1.29 is 203 Å². The molecule has 0 spiro atoms. The van der Waals surface area contributed by atoms with Crippen LogP contribution in [-0.2, 0) is 136 Å². The van der Waals surface area contributed by atoms with Gasteiger partial charge in [-0.25, -0.2) is 26.3 Å². The van der Waals surface area contributed by atoms with Crippen molar-refractivity contribution in [3.8, 4) is 0 Å². The quantitative estimate of drug-likeness (QED) is 0.0358. The van der Waals surface area contributed by atoms with Gasteiger partial charge in [-0.15, -0.1) is 0 Å². The third-order valence-corrected chi connectivity index (χ3v) is 15.0. The van der Waals surface area contributed by atoms with E-state index >= 15 is 0 Å². The first-order chi connectivity index (χ1) is 38.7. The van der Waals surface area contributed by atoms with Gasteiger partial charge in [-0.2, -0.15) is 60.0 Å². The maximum atomic E-state index is 12.8. The molecule has 53 heteroatoms. The average molecular weight is 1380 g/mol. The number of carboxylic acids is 2. The molecule has 5 saturated heterocycles. The zero-order chi connectivity index (χ0) is 64.6. The second-order valence-electron chi connectivity index (χ2n) is 18.1. The molecule has 0 aromatic carbocycles. The molecule has 25 atom stereocenters. The number of nitrogens with one attached hydrogen (secondary N) is 3. The van der Waals surface area contributed by atoms with E-state index in [1.54, 1.807) is 0 Å². The number of aliphatic carboxylic acids is 2. The van der Waals surface area contributed by atoms with Gasteiger partial charge in [-0.1, -0.05) is 0 Å². The summed E-state index contributed by atoms with van der Waals surface area (Å²) in [6, 6.07) is -7.53. The second kappa shape index (κ2) is 28.0. The first kappa shape index (κ1) is 72.7. The molecule has 5 rings (SSSR count). The average Bonchev–Trinajstić information content (AvgIpc) is 1.36. The zero-order valence-electron chi connectivity index (χ0n) is 41.6. The van der Waals surface area contributed by atoms with E-state index in [2.05, 4.69) is 16.7 Å². The first-order valence-electron chi connectivity index (χ1n) is 22.7. The smallest absolute Gasteiger partial charge is 0.397 e. The van der Waals surface area contributed by atoms with Gasteiger partial charge in [-0.05, 0) is 0 Å². The van der Waals surface area contributed by atoms with Crippen LogP contribution in [0.1, 0.15) is 6.92 Å². The van der Waals surface area contributed by atoms with Crippen LogP contribution in [0.2, 0.25) is 0 Å². The second-order valence-corrected chi connectivity index (χ2v) is 24.8. The van der Waals surface area contributed by atoms with E-state index in [9.17, 15) is 134 Å². The number of hydrogen-bond acceptors (Lipinski definition) is 36. The molecule has 0 aliphatic carbocycles. The third kappa shape index (κ3) is 20.2. The van der Waals surface area contributed by atoms with Crippen LogP contribution in [0.4, 0.5) is 0 Å². The van der Waals surface area contributed by atoms with Crippen molar-refractivity contribution in [2.45, 2.75) is 160 Å². The Morgan fingerprint density at radius 1 is 0.400 bits per heavy atom. The molecular formula is C32H53N3O44S6. The van der Waals surface area contributed by atoms with Crippen LogP contribution in [-0.4, -0.2) is 320 Å². The molecule has 1 amide bonds. The van der Waals surface area contributed by atoms with E-state index in [4.69, 9.17) is 51.7 Å². The van der Waals surface area contributed by atoms with E-state index in [1.165, 1.54) is 9.44 Å². The molecule has 0 aromatic heterocycles. The summed E-state index contributed by atoms with van der Waals surface area (Å²) in [4.78, 5) is 37.7. The largest absolute Gasteiger partial charge is 0.479 e. The Morgan fingerprint density at radius 3 is 1.18 bits per heavy atom. The SMILES string of the molecule is CC(=O)N[C@H]1[C@@H](O[C@H]2[C@H](O)[C@@H](O)[C@H](O[C@H]3[C@H](OS(=O)(=O)O)[C@@H](NS(=O)(=O)O)[C@@H](O[C@H]4[C@H](O)[C@@H](O)[C@H](O[C@H]5[C@H](O)[C@@H](NS(=O)(=O)O)C(O)O[C@@H]5COS(=O)(=O)O)O[C@H]4C(=O)O)O[C@@H]3COS(=O)(=O)O)O[C@@H]2C(=O)O)O[C@H](COS(=O)(=O)O)[C@@H](O)[C@@H]1O. The van der Waals surface area contributed by atoms with Gasteiger partial charge in [0, 0.05) is 6.92 Å². The molecule has 47 nitrogen and oxygen atoms in total. The Labute approximate surface area is 475 Å². The highest BCUT2D eigenvalue weighted by atomic mass is 32.3. The lowest BCUT2D eigenvalue weighted by Crippen LogP contribution is -2.71. The number of hydrogen-bond donors (Lipinski definition) is 19. The first-order valence-corrected chi connectivity index (χ1v) is 31.1. The fourth-order valence-corrected chi connectivity index (χ4v) is 11.3. The number of aliphatic hydroxyl groups excluding tert-OH is 8. The van der Waals surface area contributed by atoms with Crippen LogP contribution < -0.4 is 14.8 Å². The minimum atomic E-state index is -6.23. The number of aliphatic hydroxyl groups is 8. The number of amides is 1. The van der Waals surface area contributed by atoms with Crippen molar-refractivity contribution in [2.24, 2.45) is 0 Å². The summed E-state index contributed by atoms with van der Waals surface area (Å²) < 4.78 is 267. The normalized spacial score (nSPS) is 40.1. The molecule has 0 radical (unpaired) electrons. The van der Waals surface area contributed by atoms with Crippen molar-refractivity contribution >= 4 is 80.1 Å². The van der Waals surface area contributed by atoms with Crippen LogP contribution in [0.5, 0.6) is 0 Å². The molecule has 0 bridgehead atoms. The number of ether oxygens (including phenoxy) is 9. The highest BCUT2D eigenvalue weighted by molar-refractivity contribution is 7.84. The van der Waals surface area contributed by atoms with Gasteiger partial charge in [0.1, 0.15) is 110 Å². The topological polar surface area (TPSA) is 736 Å². The van der Waals surface area contributed by atoms with Crippen LogP contribution in [0, 0.1) is 0 Å². The summed E-state index contributed by atoms with van der Waals surface area (Å²) in [7, 11) is -34.2. The van der Waals surface area contributed by atoms with Gasteiger partial charge in [0.05, 0.1) is 19.8 Å². The number of carbonyl (C=O) groups is 3. The summed E-state index contributed by atoms with van der Waals surface area (Å²) in [5.74, 6) is -5.66. The van der Waals surface area contributed by atoms with E-state index < -0.39 is 253 Å². The molecule has 0 saturated carbocycles. The summed E-state index contributed by atoms with van der Waals surface area (Å²) in [5.41, 5.74) is 0. The fraction of sp³-hybridized carbons (Fsp3) is 0.906. The lowest BCUT2D eigenvalue weighted by atomic mass is 9.94. The summed E-state index contributed by atoms with van der Waals surface area (Å²) in [6.07, 6.45) is -59.5. The number of rotatable bonds is 26. The molecule has 5 heterocycles. The maximum absolute atomic E-state index is 12.8. The van der Waals surface area contributed by atoms with E-state index in [0.717, 1.165) is 6.92 Å². The van der Waals surface area contributed by atoms with E-state index in [0.29, 0.717) is 0 Å². The van der Waals surface area contributed by atoms with Gasteiger partial charge in [0.15, 0.2) is 43.7 Å². The van der Waals surface area contributed by atoms with E-state index in [1.807, 2.05) is 5.32 Å². The number of carboxylic acid groups (broad SMARTS) is 2. The molecule has 5 aliphatic heterocycles. The molecule has 5 fully saturated rings. The lowest BCUT2D eigenvalue weighted by molar-refractivity contribution is -0.374. The molecule has 5 aliphatic rings. The van der Waals surface area contributed by atoms with Gasteiger partial charge < -0.3 is 99.0 Å². The Bertz CT molecular complexity index is 3050. The van der Waals surface area contributed by atoms with Crippen LogP contribution in [0.25, 0.3) is 0 Å². The van der Waals surface area contributed by atoms with E-state index in [-0.39, 0.29) is 0 Å². The van der Waals surface area contributed by atoms with Gasteiger partial charge in [0.25, 0.3) is 0 Å². The van der Waals surface area contributed by atoms with Crippen molar-refractivity contribution in [2.75, 3.05) is 19.8 Å². The molecule has 0 aromatic rings. The molecule has 496 valence electrons. The fourth-order valence-electron chi connectivity index (χ4n) is 8.66. The van der Waals surface area contributed by atoms with Crippen molar-refractivity contribution in [1.29, 1.82) is 0 Å². The van der Waals surface area contributed by atoms with Gasteiger partial charge in [-0.3, -0.25) is 32.1 Å². The molecule has 1 unspecified atom stereocenters. The van der Waals surface area contributed by atoms with Crippen LogP contribution in [0.3, 0.4) is 0 Å². The molecule has 85 heavy (non-hydrogen) atoms. The Balaban J connectivity index is 1.53. The van der Waals surface area contributed by atoms with Crippen LogP contribution >= 0.6 is 0 Å². The Morgan fingerprint density at radius 2 is 0.776 bits per heavy atom. The monoisotopic (exact) mass is 1380 g/mol. The van der Waals surface area contributed by atoms with Gasteiger partial charge >= 0.3 is 74.1 Å². The standard InChI is InChI=1S/C32H53N3O44S6/c1-5(36)33-10-13(38)12(37)6(2-67-82(55,56)57)71-29(10)75-22-16(41)18(43)32(78-24(22)26(44)45)74-20-8(4-69-84(61,62)63)72-30(11(35-81(52,53)54)21(20)79-85(64,65)66)76-23-15(40)17(42)31(77-25(23)27(46)47)73-19-7(3-68-83(58,59)60)70-28(48)9(14(19)39)34-80(49,50)51/h6-25,28-32,34-35,37-43,48H,2-4H2,1H3,(H,33,36)(H,44,45)(H,46,47)(H,49,50,51)(H,52,53,54)(H,55,56,57)(H,58,59,60)(H,61,62,63)(H,64,65,66)/t6-,7-,8-,9-,10-,11-,12-,13-,14-,15-,16-,17-,18-,19-,20-,21-,22+,23+,24+,25-,28?,29-,30-,31-,32-/m1/s1. The maximum Gasteiger partial charge on any atom is 0.397 e. The van der Waals surface area contributed by atoms with Crippen molar-refractivity contribution in [3.05, 3.63) is 0 Å². The number of carbonyl (C=O) groups excluding carboxylic acids is 1. The molecular weight excluding hydrogens is 1320 g/mol. The minimum Gasteiger partial charge on any atom is -0.479 e. The summed E-state index contributed by atoms with van der Waals surface area (Å²) in [6.45, 7) is -3.90. The third-order valence-electron chi connectivity index (χ3n) is 12.1. The summed E-state index contributed by atoms with van der Waals surface area (Å²) in [5, 5.41) is 111. The van der Waals surface area contributed by atoms with Crippen molar-refractivity contribution in [3.63, 3.8) is 0 Å². The Hall–Kier alpha value is -3.05. The zero-order valence-corrected chi connectivity index (χ0v) is 46.5. The Kier molecular flexibility index (Phi) is 23.9. The molecule has 19 N–H and O–H groups in total. The lowest BCUT2D eigenvalue weighted by Gasteiger charge is -2.50. The predicted octanol–water partition coefficient (Wildman–Crippen LogP) is -13.5. The van der Waals surface area contributed by atoms with Crippen molar-refractivity contribution in [1.82, 2.24) is 14.8 Å². The minimum absolute atomic E-state index is 0.817. The summed E-state index contributed by atoms with van der Waals surface area (Å²) >= 11 is 0.